The zero-order chi connectivity index (χ0) is 11.6. The molecule has 0 fully saturated rings. The van der Waals surface area contributed by atoms with Crippen molar-refractivity contribution in [3.05, 3.63) is 28.5 Å². The summed E-state index contributed by atoms with van der Waals surface area (Å²) in [6.07, 6.45) is -3.94. The van der Waals surface area contributed by atoms with E-state index in [1.54, 1.807) is 0 Å². The first-order chi connectivity index (χ1) is 6.79. The van der Waals surface area contributed by atoms with Crippen molar-refractivity contribution in [2.75, 3.05) is 0 Å². The lowest BCUT2D eigenvalue weighted by molar-refractivity contribution is -0.141. The Bertz CT molecular complexity index is 347. The van der Waals surface area contributed by atoms with E-state index in [0.717, 1.165) is 6.07 Å². The first kappa shape index (κ1) is 12.3. The molecule has 0 N–H and O–H groups in total. The summed E-state index contributed by atoms with van der Waals surface area (Å²) in [6.45, 7) is 3.83. The number of aromatic nitrogens is 1. The Labute approximate surface area is 91.3 Å². The summed E-state index contributed by atoms with van der Waals surface area (Å²) >= 11 is 5.60. The molecule has 1 aromatic heterocycles. The summed E-state index contributed by atoms with van der Waals surface area (Å²) in [5, 5.41) is 0.0768. The molecule has 0 atom stereocenters. The maximum absolute atomic E-state index is 12.4. The Morgan fingerprint density at radius 1 is 1.33 bits per heavy atom. The number of alkyl halides is 3. The standard InChI is InChI=1S/C10H11ClF3N/c1-6(2)3-8-4-7(11)5-9(15-8)10(12,13)14/h4-6H,3H2,1-2H3. The molecule has 84 valence electrons. The van der Waals surface area contributed by atoms with Crippen LogP contribution >= 0.6 is 11.6 Å². The Morgan fingerprint density at radius 2 is 1.93 bits per heavy atom. The summed E-state index contributed by atoms with van der Waals surface area (Å²) in [5.74, 6) is 0.247. The SMILES string of the molecule is CC(C)Cc1cc(Cl)cc(C(F)(F)F)n1. The van der Waals surface area contributed by atoms with Gasteiger partial charge in [0.15, 0.2) is 0 Å². The molecule has 1 rings (SSSR count). The summed E-state index contributed by atoms with van der Waals surface area (Å²) in [6, 6.07) is 2.31. The summed E-state index contributed by atoms with van der Waals surface area (Å²) < 4.78 is 37.1. The van der Waals surface area contributed by atoms with Gasteiger partial charge < -0.3 is 0 Å². The van der Waals surface area contributed by atoms with Gasteiger partial charge in [-0.15, -0.1) is 0 Å². The topological polar surface area (TPSA) is 12.9 Å². The quantitative estimate of drug-likeness (QED) is 0.759. The molecule has 15 heavy (non-hydrogen) atoms. The highest BCUT2D eigenvalue weighted by atomic mass is 35.5. The van der Waals surface area contributed by atoms with E-state index in [4.69, 9.17) is 11.6 Å². The van der Waals surface area contributed by atoms with Crippen LogP contribution in [0.4, 0.5) is 13.2 Å². The first-order valence-corrected chi connectivity index (χ1v) is 4.90. The Kier molecular flexibility index (Phi) is 3.60. The lowest BCUT2D eigenvalue weighted by Crippen LogP contribution is -2.10. The van der Waals surface area contributed by atoms with Gasteiger partial charge in [-0.25, -0.2) is 4.98 Å². The third-order valence-electron chi connectivity index (χ3n) is 1.75. The molecule has 0 aromatic carbocycles. The maximum atomic E-state index is 12.4. The van der Waals surface area contributed by atoms with E-state index in [1.807, 2.05) is 13.8 Å². The minimum atomic E-state index is -4.43. The lowest BCUT2D eigenvalue weighted by Gasteiger charge is -2.10. The van der Waals surface area contributed by atoms with E-state index in [2.05, 4.69) is 4.98 Å². The molecule has 5 heteroatoms. The largest absolute Gasteiger partial charge is 0.433 e. The van der Waals surface area contributed by atoms with Gasteiger partial charge in [-0.2, -0.15) is 13.2 Å². The van der Waals surface area contributed by atoms with Crippen LogP contribution in [0, 0.1) is 5.92 Å². The fraction of sp³-hybridized carbons (Fsp3) is 0.500. The van der Waals surface area contributed by atoms with Crippen LogP contribution in [0.15, 0.2) is 12.1 Å². The van der Waals surface area contributed by atoms with Crippen LogP contribution in [-0.2, 0) is 12.6 Å². The van der Waals surface area contributed by atoms with Crippen LogP contribution in [0.1, 0.15) is 25.2 Å². The summed E-state index contributed by atoms with van der Waals surface area (Å²) in [5.41, 5.74) is -0.546. The van der Waals surface area contributed by atoms with Gasteiger partial charge >= 0.3 is 6.18 Å². The van der Waals surface area contributed by atoms with Crippen molar-refractivity contribution in [2.45, 2.75) is 26.4 Å². The zero-order valence-corrected chi connectivity index (χ0v) is 9.15. The predicted molar refractivity (Wildman–Crippen MR) is 52.8 cm³/mol. The van der Waals surface area contributed by atoms with Crippen molar-refractivity contribution < 1.29 is 13.2 Å². The van der Waals surface area contributed by atoms with E-state index >= 15 is 0 Å². The van der Waals surface area contributed by atoms with Crippen molar-refractivity contribution in [3.8, 4) is 0 Å². The molecule has 0 saturated carbocycles. The fourth-order valence-corrected chi connectivity index (χ4v) is 1.45. The Balaban J connectivity index is 3.06. The molecule has 1 nitrogen and oxygen atoms in total. The molecule has 0 saturated heterocycles. The van der Waals surface area contributed by atoms with Crippen molar-refractivity contribution >= 4 is 11.6 Å². The lowest BCUT2D eigenvalue weighted by atomic mass is 10.1. The second-order valence-electron chi connectivity index (χ2n) is 3.76. The van der Waals surface area contributed by atoms with Gasteiger partial charge in [0.25, 0.3) is 0 Å². The zero-order valence-electron chi connectivity index (χ0n) is 8.40. The summed E-state index contributed by atoms with van der Waals surface area (Å²) in [4.78, 5) is 3.54. The van der Waals surface area contributed by atoms with Gasteiger partial charge in [-0.3, -0.25) is 0 Å². The molecular weight excluding hydrogens is 227 g/mol. The van der Waals surface area contributed by atoms with Crippen LogP contribution in [0.5, 0.6) is 0 Å². The Hall–Kier alpha value is -0.770. The van der Waals surface area contributed by atoms with Crippen LogP contribution in [-0.4, -0.2) is 4.98 Å². The van der Waals surface area contributed by atoms with Gasteiger partial charge in [0.2, 0.25) is 0 Å². The van der Waals surface area contributed by atoms with Gasteiger partial charge in [-0.05, 0) is 24.5 Å². The normalized spacial score (nSPS) is 12.2. The molecule has 0 aliphatic heterocycles. The first-order valence-electron chi connectivity index (χ1n) is 4.52. The average molecular weight is 238 g/mol. The van der Waals surface area contributed by atoms with Gasteiger partial charge in [-0.1, -0.05) is 25.4 Å². The maximum Gasteiger partial charge on any atom is 0.433 e. The summed E-state index contributed by atoms with van der Waals surface area (Å²) in [7, 11) is 0. The van der Waals surface area contributed by atoms with Crippen molar-refractivity contribution in [1.29, 1.82) is 0 Å². The third-order valence-corrected chi connectivity index (χ3v) is 1.97. The highest BCUT2D eigenvalue weighted by Crippen LogP contribution is 2.30. The minimum Gasteiger partial charge on any atom is -0.248 e. The monoisotopic (exact) mass is 237 g/mol. The number of rotatable bonds is 2. The molecule has 0 radical (unpaired) electrons. The molecule has 1 aromatic rings. The van der Waals surface area contributed by atoms with Crippen molar-refractivity contribution in [3.63, 3.8) is 0 Å². The predicted octanol–water partition coefficient (Wildman–Crippen LogP) is 3.95. The Morgan fingerprint density at radius 3 is 2.40 bits per heavy atom. The van der Waals surface area contributed by atoms with E-state index in [1.165, 1.54) is 6.07 Å². The molecule has 0 amide bonds. The number of nitrogens with zero attached hydrogens (tertiary/aromatic N) is 1. The van der Waals surface area contributed by atoms with E-state index in [0.29, 0.717) is 12.1 Å². The smallest absolute Gasteiger partial charge is 0.248 e. The number of hydrogen-bond donors (Lipinski definition) is 0. The third kappa shape index (κ3) is 3.70. The molecule has 0 spiro atoms. The fourth-order valence-electron chi connectivity index (χ4n) is 1.22. The van der Waals surface area contributed by atoms with E-state index < -0.39 is 11.9 Å². The molecule has 0 aliphatic rings. The highest BCUT2D eigenvalue weighted by Gasteiger charge is 2.33. The molecular formula is C10H11ClF3N. The number of hydrogen-bond acceptors (Lipinski definition) is 1. The average Bonchev–Trinajstić information content (AvgIpc) is 1.99. The minimum absolute atomic E-state index is 0.0768. The van der Waals surface area contributed by atoms with Gasteiger partial charge in [0.1, 0.15) is 5.69 Å². The highest BCUT2D eigenvalue weighted by molar-refractivity contribution is 6.30. The second kappa shape index (κ2) is 4.39. The number of pyridine rings is 1. The molecule has 0 bridgehead atoms. The van der Waals surface area contributed by atoms with Gasteiger partial charge in [0, 0.05) is 10.7 Å². The van der Waals surface area contributed by atoms with Crippen molar-refractivity contribution in [2.24, 2.45) is 5.92 Å². The second-order valence-corrected chi connectivity index (χ2v) is 4.19. The molecule has 0 unspecified atom stereocenters. The molecule has 1 heterocycles. The van der Waals surface area contributed by atoms with Crippen LogP contribution < -0.4 is 0 Å². The van der Waals surface area contributed by atoms with Crippen LogP contribution in [0.2, 0.25) is 5.02 Å². The van der Waals surface area contributed by atoms with E-state index in [9.17, 15) is 13.2 Å². The van der Waals surface area contributed by atoms with Gasteiger partial charge in [0.05, 0.1) is 0 Å². The van der Waals surface area contributed by atoms with E-state index in [-0.39, 0.29) is 10.9 Å². The van der Waals surface area contributed by atoms with Crippen LogP contribution in [0.25, 0.3) is 0 Å². The number of halogens is 4. The van der Waals surface area contributed by atoms with Crippen molar-refractivity contribution in [1.82, 2.24) is 4.98 Å². The molecule has 0 aliphatic carbocycles. The van der Waals surface area contributed by atoms with Crippen LogP contribution in [0.3, 0.4) is 0 Å².